The summed E-state index contributed by atoms with van der Waals surface area (Å²) in [6.45, 7) is 2.72. The Balaban J connectivity index is 1.36. The van der Waals surface area contributed by atoms with Gasteiger partial charge < -0.3 is 10.0 Å². The van der Waals surface area contributed by atoms with Crippen molar-refractivity contribution < 1.29 is 14.7 Å². The number of pyridine rings is 1. The highest BCUT2D eigenvalue weighted by Crippen LogP contribution is 2.38. The Morgan fingerprint density at radius 1 is 1.00 bits per heavy atom. The Kier molecular flexibility index (Phi) is 7.95. The molecule has 1 aliphatic carbocycles. The predicted octanol–water partition coefficient (Wildman–Crippen LogP) is 5.64. The smallest absolute Gasteiger partial charge is 0.311 e. The molecule has 0 radical (unpaired) electrons. The first kappa shape index (κ1) is 26.5. The second kappa shape index (κ2) is 11.7. The summed E-state index contributed by atoms with van der Waals surface area (Å²) >= 11 is 0. The van der Waals surface area contributed by atoms with E-state index < -0.39 is 11.4 Å². The molecule has 1 saturated carbocycles. The van der Waals surface area contributed by atoms with E-state index >= 15 is 0 Å². The standard InChI is InChI=1S/C30H34N6O3/c1-2-3-7-27(37)36(20-30(29(38)39)16-5-4-6-17-30)19-21-8-14-26-24(18-21)13-15-25(31-26)22-9-11-23(12-10-22)28-32-34-35-33-28/h8-15,18H,2-7,16-17,19-20H2,1H3,(H,38,39)(H,32,33,34,35). The van der Waals surface area contributed by atoms with E-state index in [1.807, 2.05) is 48.5 Å². The Morgan fingerprint density at radius 3 is 2.46 bits per heavy atom. The number of aromatic amines is 1. The minimum Gasteiger partial charge on any atom is -0.481 e. The van der Waals surface area contributed by atoms with Gasteiger partial charge in [0.25, 0.3) is 0 Å². The molecule has 1 aliphatic rings. The molecule has 0 spiro atoms. The van der Waals surface area contributed by atoms with Crippen LogP contribution in [0.4, 0.5) is 0 Å². The first-order valence-corrected chi connectivity index (χ1v) is 13.7. The lowest BCUT2D eigenvalue weighted by molar-refractivity contribution is -0.154. The average Bonchev–Trinajstić information content (AvgIpc) is 3.51. The van der Waals surface area contributed by atoms with Gasteiger partial charge in [0.05, 0.1) is 16.6 Å². The van der Waals surface area contributed by atoms with Crippen molar-refractivity contribution >= 4 is 22.8 Å². The Morgan fingerprint density at radius 2 is 1.77 bits per heavy atom. The molecule has 0 aliphatic heterocycles. The molecule has 0 bridgehead atoms. The molecule has 9 nitrogen and oxygen atoms in total. The van der Waals surface area contributed by atoms with Crippen molar-refractivity contribution in [2.45, 2.75) is 64.8 Å². The van der Waals surface area contributed by atoms with Gasteiger partial charge in [-0.3, -0.25) is 9.59 Å². The number of carboxylic acids is 1. The number of nitrogens with one attached hydrogen (secondary N) is 1. The lowest BCUT2D eigenvalue weighted by Gasteiger charge is -2.38. The van der Waals surface area contributed by atoms with Crippen molar-refractivity contribution in [1.29, 1.82) is 0 Å². The third-order valence-electron chi connectivity index (χ3n) is 7.77. The molecule has 5 rings (SSSR count). The number of carbonyl (C=O) groups is 2. The van der Waals surface area contributed by atoms with Crippen LogP contribution in [0.15, 0.2) is 54.6 Å². The van der Waals surface area contributed by atoms with E-state index in [1.54, 1.807) is 4.90 Å². The second-order valence-corrected chi connectivity index (χ2v) is 10.5. The molecule has 2 N–H and O–H groups in total. The minimum atomic E-state index is -0.854. The fourth-order valence-electron chi connectivity index (χ4n) is 5.48. The number of nitrogens with zero attached hydrogens (tertiary/aromatic N) is 5. The lowest BCUT2D eigenvalue weighted by atomic mass is 9.73. The van der Waals surface area contributed by atoms with Gasteiger partial charge in [0, 0.05) is 36.0 Å². The fourth-order valence-corrected chi connectivity index (χ4v) is 5.48. The fraction of sp³-hybridized carbons (Fsp3) is 0.400. The van der Waals surface area contributed by atoms with Crippen LogP contribution in [0.2, 0.25) is 0 Å². The molecular formula is C30H34N6O3. The van der Waals surface area contributed by atoms with E-state index in [9.17, 15) is 14.7 Å². The number of aromatic nitrogens is 5. The third-order valence-corrected chi connectivity index (χ3v) is 7.77. The van der Waals surface area contributed by atoms with E-state index in [2.05, 4.69) is 33.6 Å². The minimum absolute atomic E-state index is 0.0286. The number of rotatable bonds is 10. The molecule has 4 aromatic rings. The molecule has 0 saturated heterocycles. The van der Waals surface area contributed by atoms with Gasteiger partial charge >= 0.3 is 5.97 Å². The first-order chi connectivity index (χ1) is 19.0. The third kappa shape index (κ3) is 5.97. The average molecular weight is 527 g/mol. The zero-order chi connectivity index (χ0) is 27.2. The number of hydrogen-bond donors (Lipinski definition) is 2. The number of aliphatic carboxylic acids is 1. The van der Waals surface area contributed by atoms with Crippen LogP contribution in [0.25, 0.3) is 33.5 Å². The number of carbonyl (C=O) groups excluding carboxylic acids is 1. The highest BCUT2D eigenvalue weighted by atomic mass is 16.4. The van der Waals surface area contributed by atoms with E-state index in [0.29, 0.717) is 31.6 Å². The number of tetrazole rings is 1. The van der Waals surface area contributed by atoms with Gasteiger partial charge in [-0.2, -0.15) is 5.21 Å². The largest absolute Gasteiger partial charge is 0.481 e. The number of amides is 1. The molecule has 2 heterocycles. The van der Waals surface area contributed by atoms with Gasteiger partial charge in [0.2, 0.25) is 11.7 Å². The normalized spacial score (nSPS) is 14.8. The first-order valence-electron chi connectivity index (χ1n) is 13.7. The van der Waals surface area contributed by atoms with E-state index in [0.717, 1.165) is 65.4 Å². The van der Waals surface area contributed by atoms with Crippen LogP contribution in [-0.4, -0.2) is 54.0 Å². The van der Waals surface area contributed by atoms with Crippen LogP contribution in [0.5, 0.6) is 0 Å². The number of H-pyrrole nitrogens is 1. The summed E-state index contributed by atoms with van der Waals surface area (Å²) in [5, 5.41) is 25.2. The molecule has 1 amide bonds. The van der Waals surface area contributed by atoms with Crippen LogP contribution >= 0.6 is 0 Å². The molecule has 1 fully saturated rings. The molecule has 39 heavy (non-hydrogen) atoms. The molecule has 2 aromatic heterocycles. The maximum atomic E-state index is 13.2. The molecule has 0 atom stereocenters. The van der Waals surface area contributed by atoms with E-state index in [-0.39, 0.29) is 12.5 Å². The molecule has 2 aromatic carbocycles. The second-order valence-electron chi connectivity index (χ2n) is 10.5. The van der Waals surface area contributed by atoms with Gasteiger partial charge in [0.15, 0.2) is 0 Å². The zero-order valence-corrected chi connectivity index (χ0v) is 22.3. The van der Waals surface area contributed by atoms with Gasteiger partial charge in [-0.1, -0.05) is 69.0 Å². The number of unbranched alkanes of at least 4 members (excludes halogenated alkanes) is 1. The highest BCUT2D eigenvalue weighted by Gasteiger charge is 2.42. The Bertz CT molecular complexity index is 1430. The summed E-state index contributed by atoms with van der Waals surface area (Å²) in [5.41, 5.74) is 3.68. The van der Waals surface area contributed by atoms with Crippen LogP contribution in [0.1, 0.15) is 63.9 Å². The SMILES string of the molecule is CCCCC(=O)N(Cc1ccc2nc(-c3ccc(-c4nn[nH]n4)cc3)ccc2c1)CC1(C(=O)O)CCCCC1. The van der Waals surface area contributed by atoms with Crippen molar-refractivity contribution in [1.82, 2.24) is 30.5 Å². The van der Waals surface area contributed by atoms with Gasteiger partial charge in [-0.15, -0.1) is 10.2 Å². The van der Waals surface area contributed by atoms with Crippen LogP contribution < -0.4 is 0 Å². The monoisotopic (exact) mass is 526 g/mol. The molecule has 0 unspecified atom stereocenters. The number of carboxylic acid groups (broad SMARTS) is 1. The maximum Gasteiger partial charge on any atom is 0.311 e. The van der Waals surface area contributed by atoms with Crippen LogP contribution in [-0.2, 0) is 16.1 Å². The van der Waals surface area contributed by atoms with E-state index in [4.69, 9.17) is 4.98 Å². The van der Waals surface area contributed by atoms with Gasteiger partial charge in [-0.25, -0.2) is 4.98 Å². The topological polar surface area (TPSA) is 125 Å². The van der Waals surface area contributed by atoms with Gasteiger partial charge in [0.1, 0.15) is 0 Å². The quantitative estimate of drug-likeness (QED) is 0.274. The number of benzene rings is 2. The number of fused-ring (bicyclic) bond motifs is 1. The summed E-state index contributed by atoms with van der Waals surface area (Å²) in [6, 6.07) is 17.9. The lowest BCUT2D eigenvalue weighted by Crippen LogP contribution is -2.46. The maximum absolute atomic E-state index is 13.2. The van der Waals surface area contributed by atoms with Crippen LogP contribution in [0.3, 0.4) is 0 Å². The van der Waals surface area contributed by atoms with Crippen molar-refractivity contribution in [3.8, 4) is 22.6 Å². The van der Waals surface area contributed by atoms with Crippen LogP contribution in [0, 0.1) is 5.41 Å². The van der Waals surface area contributed by atoms with Crippen molar-refractivity contribution in [2.24, 2.45) is 5.41 Å². The summed E-state index contributed by atoms with van der Waals surface area (Å²) in [6.07, 6.45) is 6.27. The zero-order valence-electron chi connectivity index (χ0n) is 22.3. The molecule has 202 valence electrons. The van der Waals surface area contributed by atoms with Crippen molar-refractivity contribution in [3.05, 3.63) is 60.2 Å². The summed E-state index contributed by atoms with van der Waals surface area (Å²) < 4.78 is 0. The highest BCUT2D eigenvalue weighted by molar-refractivity contribution is 5.83. The van der Waals surface area contributed by atoms with Gasteiger partial charge in [-0.05, 0) is 48.2 Å². The summed E-state index contributed by atoms with van der Waals surface area (Å²) in [5.74, 6) is -0.211. The van der Waals surface area contributed by atoms with Crippen molar-refractivity contribution in [3.63, 3.8) is 0 Å². The predicted molar refractivity (Wildman–Crippen MR) is 148 cm³/mol. The van der Waals surface area contributed by atoms with Crippen molar-refractivity contribution in [2.75, 3.05) is 6.54 Å². The summed E-state index contributed by atoms with van der Waals surface area (Å²) in [4.78, 5) is 32.2. The Hall–Kier alpha value is -4.14. The Labute approximate surface area is 227 Å². The van der Waals surface area contributed by atoms with E-state index in [1.165, 1.54) is 0 Å². The summed E-state index contributed by atoms with van der Waals surface area (Å²) in [7, 11) is 0. The molecule has 9 heteroatoms. The number of hydrogen-bond acceptors (Lipinski definition) is 6. The molecular weight excluding hydrogens is 492 g/mol.